The van der Waals surface area contributed by atoms with Crippen LogP contribution in [0.15, 0.2) is 53.6 Å². The van der Waals surface area contributed by atoms with Gasteiger partial charge in [0.25, 0.3) is 5.91 Å². The summed E-state index contributed by atoms with van der Waals surface area (Å²) in [6.07, 6.45) is 2.51. The van der Waals surface area contributed by atoms with Crippen LogP contribution in [0.3, 0.4) is 0 Å². The van der Waals surface area contributed by atoms with E-state index in [0.717, 1.165) is 23.3 Å². The number of aromatic hydroxyl groups is 1. The first-order valence-electron chi connectivity index (χ1n) is 7.92. The summed E-state index contributed by atoms with van der Waals surface area (Å²) < 4.78 is 5.62. The highest BCUT2D eigenvalue weighted by atomic mass is 16.5. The van der Waals surface area contributed by atoms with Gasteiger partial charge < -0.3 is 9.84 Å². The lowest BCUT2D eigenvalue weighted by Gasteiger charge is -2.15. The molecule has 5 nitrogen and oxygen atoms in total. The van der Waals surface area contributed by atoms with E-state index in [1.54, 1.807) is 24.3 Å². The van der Waals surface area contributed by atoms with Crippen LogP contribution in [0.4, 0.5) is 0 Å². The second-order valence-corrected chi connectivity index (χ2v) is 5.52. The SMILES string of the molecule is CCC(C)c1ccccc1OCC(=O)N/N=C/c1ccc(O)cc1. The maximum atomic E-state index is 11.8. The Bertz CT molecular complexity index is 696. The minimum absolute atomic E-state index is 0.0969. The Hall–Kier alpha value is -2.82. The molecule has 126 valence electrons. The number of rotatable bonds is 7. The molecule has 0 aliphatic carbocycles. The maximum Gasteiger partial charge on any atom is 0.277 e. The summed E-state index contributed by atoms with van der Waals surface area (Å²) in [7, 11) is 0. The van der Waals surface area contributed by atoms with Gasteiger partial charge in [-0.05, 0) is 53.8 Å². The van der Waals surface area contributed by atoms with Crippen LogP contribution in [0.1, 0.15) is 37.3 Å². The monoisotopic (exact) mass is 326 g/mol. The minimum atomic E-state index is -0.330. The van der Waals surface area contributed by atoms with Gasteiger partial charge in [-0.3, -0.25) is 4.79 Å². The van der Waals surface area contributed by atoms with Crippen molar-refractivity contribution >= 4 is 12.1 Å². The van der Waals surface area contributed by atoms with Gasteiger partial charge in [-0.2, -0.15) is 5.10 Å². The highest BCUT2D eigenvalue weighted by molar-refractivity contribution is 5.83. The largest absolute Gasteiger partial charge is 0.508 e. The Balaban J connectivity index is 1.86. The van der Waals surface area contributed by atoms with Crippen LogP contribution in [0, 0.1) is 0 Å². The van der Waals surface area contributed by atoms with Crippen molar-refractivity contribution in [2.24, 2.45) is 5.10 Å². The number of hydrazone groups is 1. The summed E-state index contributed by atoms with van der Waals surface area (Å²) in [6.45, 7) is 4.15. The lowest BCUT2D eigenvalue weighted by atomic mass is 9.98. The lowest BCUT2D eigenvalue weighted by molar-refractivity contribution is -0.123. The average molecular weight is 326 g/mol. The van der Waals surface area contributed by atoms with Crippen molar-refractivity contribution in [3.05, 3.63) is 59.7 Å². The number of hydrogen-bond donors (Lipinski definition) is 2. The van der Waals surface area contributed by atoms with Crippen molar-refractivity contribution in [1.29, 1.82) is 0 Å². The van der Waals surface area contributed by atoms with Gasteiger partial charge in [-0.15, -0.1) is 0 Å². The van der Waals surface area contributed by atoms with E-state index >= 15 is 0 Å². The zero-order valence-corrected chi connectivity index (χ0v) is 13.9. The van der Waals surface area contributed by atoms with Crippen LogP contribution >= 0.6 is 0 Å². The first-order chi connectivity index (χ1) is 11.6. The molecule has 2 N–H and O–H groups in total. The molecule has 0 heterocycles. The standard InChI is InChI=1S/C19H22N2O3/c1-3-14(2)17-6-4-5-7-18(17)24-13-19(23)21-20-12-15-8-10-16(22)11-9-15/h4-12,14,22H,3,13H2,1-2H3,(H,21,23)/b20-12+. The molecule has 0 fully saturated rings. The molecule has 5 heteroatoms. The Kier molecular flexibility index (Phi) is 6.37. The third-order valence-electron chi connectivity index (χ3n) is 3.72. The molecule has 2 rings (SSSR count). The van der Waals surface area contributed by atoms with Gasteiger partial charge in [-0.25, -0.2) is 5.43 Å². The van der Waals surface area contributed by atoms with E-state index in [4.69, 9.17) is 4.74 Å². The second kappa shape index (κ2) is 8.72. The van der Waals surface area contributed by atoms with Gasteiger partial charge in [0.05, 0.1) is 6.21 Å². The van der Waals surface area contributed by atoms with Crippen molar-refractivity contribution in [2.45, 2.75) is 26.2 Å². The molecule has 0 aliphatic heterocycles. The molecule has 0 bridgehead atoms. The number of phenolic OH excluding ortho intramolecular Hbond substituents is 1. The molecule has 0 radical (unpaired) electrons. The first kappa shape index (κ1) is 17.5. The molecule has 2 aromatic carbocycles. The molecule has 1 unspecified atom stereocenters. The molecule has 0 aliphatic rings. The highest BCUT2D eigenvalue weighted by Crippen LogP contribution is 2.28. The number of nitrogens with one attached hydrogen (secondary N) is 1. The predicted molar refractivity (Wildman–Crippen MR) is 94.5 cm³/mol. The Morgan fingerprint density at radius 3 is 2.67 bits per heavy atom. The normalized spacial score (nSPS) is 12.1. The lowest BCUT2D eigenvalue weighted by Crippen LogP contribution is -2.24. The van der Waals surface area contributed by atoms with Gasteiger partial charge in [0, 0.05) is 0 Å². The molecule has 0 spiro atoms. The topological polar surface area (TPSA) is 70.9 Å². The van der Waals surface area contributed by atoms with E-state index in [9.17, 15) is 9.90 Å². The van der Waals surface area contributed by atoms with Crippen LogP contribution in [-0.4, -0.2) is 23.8 Å². The van der Waals surface area contributed by atoms with E-state index in [0.29, 0.717) is 5.92 Å². The molecule has 1 amide bonds. The second-order valence-electron chi connectivity index (χ2n) is 5.52. The van der Waals surface area contributed by atoms with E-state index in [2.05, 4.69) is 24.4 Å². The summed E-state index contributed by atoms with van der Waals surface area (Å²) in [5, 5.41) is 13.1. The number of carbonyl (C=O) groups is 1. The van der Waals surface area contributed by atoms with Crippen LogP contribution in [0.25, 0.3) is 0 Å². The fourth-order valence-corrected chi connectivity index (χ4v) is 2.15. The van der Waals surface area contributed by atoms with E-state index < -0.39 is 0 Å². The van der Waals surface area contributed by atoms with Crippen molar-refractivity contribution < 1.29 is 14.6 Å². The van der Waals surface area contributed by atoms with Gasteiger partial charge in [0.15, 0.2) is 6.61 Å². The van der Waals surface area contributed by atoms with E-state index in [1.807, 2.05) is 24.3 Å². The van der Waals surface area contributed by atoms with Crippen molar-refractivity contribution in [3.8, 4) is 11.5 Å². The fraction of sp³-hybridized carbons (Fsp3) is 0.263. The zero-order valence-electron chi connectivity index (χ0n) is 13.9. The third kappa shape index (κ3) is 5.12. The summed E-state index contributed by atoms with van der Waals surface area (Å²) in [4.78, 5) is 11.8. The third-order valence-corrected chi connectivity index (χ3v) is 3.72. The van der Waals surface area contributed by atoms with Crippen LogP contribution in [0.5, 0.6) is 11.5 Å². The molecular weight excluding hydrogens is 304 g/mol. The number of para-hydroxylation sites is 1. The number of phenols is 1. The van der Waals surface area contributed by atoms with Crippen molar-refractivity contribution in [3.63, 3.8) is 0 Å². The zero-order chi connectivity index (χ0) is 17.4. The number of ether oxygens (including phenoxy) is 1. The number of hydrogen-bond acceptors (Lipinski definition) is 4. The molecule has 0 saturated carbocycles. The summed E-state index contributed by atoms with van der Waals surface area (Å²) in [5.41, 5.74) is 4.29. The number of amides is 1. The molecule has 24 heavy (non-hydrogen) atoms. The highest BCUT2D eigenvalue weighted by Gasteiger charge is 2.10. The number of carbonyl (C=O) groups excluding carboxylic acids is 1. The van der Waals surface area contributed by atoms with Crippen LogP contribution in [0.2, 0.25) is 0 Å². The van der Waals surface area contributed by atoms with E-state index in [-0.39, 0.29) is 18.3 Å². The molecule has 1 atom stereocenters. The fourth-order valence-electron chi connectivity index (χ4n) is 2.15. The van der Waals surface area contributed by atoms with Gasteiger partial charge in [0.1, 0.15) is 11.5 Å². The number of nitrogens with zero attached hydrogens (tertiary/aromatic N) is 1. The van der Waals surface area contributed by atoms with Crippen molar-refractivity contribution in [1.82, 2.24) is 5.43 Å². The number of benzene rings is 2. The first-order valence-corrected chi connectivity index (χ1v) is 7.92. The van der Waals surface area contributed by atoms with Gasteiger partial charge >= 0.3 is 0 Å². The predicted octanol–water partition coefficient (Wildman–Crippen LogP) is 3.43. The minimum Gasteiger partial charge on any atom is -0.508 e. The summed E-state index contributed by atoms with van der Waals surface area (Å²) in [6, 6.07) is 14.3. The smallest absolute Gasteiger partial charge is 0.277 e. The van der Waals surface area contributed by atoms with Crippen LogP contribution < -0.4 is 10.2 Å². The van der Waals surface area contributed by atoms with Crippen molar-refractivity contribution in [2.75, 3.05) is 6.61 Å². The average Bonchev–Trinajstić information content (AvgIpc) is 2.61. The van der Waals surface area contributed by atoms with Crippen LogP contribution in [-0.2, 0) is 4.79 Å². The Morgan fingerprint density at radius 1 is 1.25 bits per heavy atom. The maximum absolute atomic E-state index is 11.8. The quantitative estimate of drug-likeness (QED) is 0.605. The summed E-state index contributed by atoms with van der Waals surface area (Å²) in [5.74, 6) is 0.954. The molecule has 0 aromatic heterocycles. The molecule has 2 aromatic rings. The van der Waals surface area contributed by atoms with Gasteiger partial charge in [0.2, 0.25) is 0 Å². The Labute approximate surface area is 142 Å². The van der Waals surface area contributed by atoms with Gasteiger partial charge in [-0.1, -0.05) is 32.0 Å². The summed E-state index contributed by atoms with van der Waals surface area (Å²) >= 11 is 0. The van der Waals surface area contributed by atoms with E-state index in [1.165, 1.54) is 6.21 Å². The molecule has 0 saturated heterocycles. The Morgan fingerprint density at radius 2 is 1.96 bits per heavy atom. The molecular formula is C19H22N2O3.